The number of hydrogen-bond donors (Lipinski definition) is 2. The molecule has 0 aromatic rings. The Morgan fingerprint density at radius 1 is 0.917 bits per heavy atom. The molecule has 0 saturated heterocycles. The van der Waals surface area contributed by atoms with Crippen molar-refractivity contribution in [2.45, 2.75) is 25.7 Å². The summed E-state index contributed by atoms with van der Waals surface area (Å²) in [7, 11) is 0. The average molecular weight is 168 g/mol. The summed E-state index contributed by atoms with van der Waals surface area (Å²) in [5.74, 6) is 0. The van der Waals surface area contributed by atoms with Crippen LogP contribution >= 0.6 is 0 Å². The minimum atomic E-state index is 0.0243. The van der Waals surface area contributed by atoms with E-state index in [0.29, 0.717) is 0 Å². The van der Waals surface area contributed by atoms with E-state index in [-0.39, 0.29) is 24.0 Å². The van der Waals surface area contributed by atoms with Gasteiger partial charge >= 0.3 is 0 Å². The number of aliphatic hydroxyl groups excluding tert-OH is 2. The van der Waals surface area contributed by atoms with Crippen LogP contribution < -0.4 is 0 Å². The SMILES string of the molecule is OC[C@]12CC=CC[C@]1(CO)CC2. The van der Waals surface area contributed by atoms with E-state index in [4.69, 9.17) is 0 Å². The van der Waals surface area contributed by atoms with E-state index in [1.54, 1.807) is 0 Å². The molecule has 12 heavy (non-hydrogen) atoms. The summed E-state index contributed by atoms with van der Waals surface area (Å²) in [6.07, 6.45) is 8.34. The number of aliphatic hydroxyl groups is 2. The van der Waals surface area contributed by atoms with Gasteiger partial charge in [0.15, 0.2) is 0 Å². The summed E-state index contributed by atoms with van der Waals surface area (Å²) in [6.45, 7) is 0.468. The van der Waals surface area contributed by atoms with Crippen LogP contribution in [0.15, 0.2) is 12.2 Å². The second kappa shape index (κ2) is 2.57. The molecule has 2 atom stereocenters. The van der Waals surface area contributed by atoms with Gasteiger partial charge in [-0.1, -0.05) is 12.2 Å². The van der Waals surface area contributed by atoms with Crippen molar-refractivity contribution in [3.05, 3.63) is 12.2 Å². The third-order valence-corrected chi connectivity index (χ3v) is 4.00. The molecule has 0 aromatic heterocycles. The van der Waals surface area contributed by atoms with Gasteiger partial charge in [-0.15, -0.1) is 0 Å². The lowest BCUT2D eigenvalue weighted by atomic mass is 9.46. The zero-order valence-corrected chi connectivity index (χ0v) is 7.29. The molecule has 2 heteroatoms. The number of allylic oxidation sites excluding steroid dienone is 2. The fourth-order valence-corrected chi connectivity index (χ4v) is 2.71. The van der Waals surface area contributed by atoms with Crippen LogP contribution in [0, 0.1) is 10.8 Å². The minimum Gasteiger partial charge on any atom is -0.396 e. The molecular weight excluding hydrogens is 152 g/mol. The molecule has 0 heterocycles. The normalized spacial score (nSPS) is 45.2. The van der Waals surface area contributed by atoms with Crippen molar-refractivity contribution >= 4 is 0 Å². The molecule has 2 rings (SSSR count). The first-order valence-corrected chi connectivity index (χ1v) is 4.65. The topological polar surface area (TPSA) is 40.5 Å². The lowest BCUT2D eigenvalue weighted by molar-refractivity contribution is -0.143. The van der Waals surface area contributed by atoms with Gasteiger partial charge in [-0.3, -0.25) is 0 Å². The molecule has 0 amide bonds. The van der Waals surface area contributed by atoms with Gasteiger partial charge in [0, 0.05) is 24.0 Å². The van der Waals surface area contributed by atoms with Gasteiger partial charge in [-0.05, 0) is 25.7 Å². The van der Waals surface area contributed by atoms with Crippen LogP contribution in [-0.2, 0) is 0 Å². The molecule has 2 nitrogen and oxygen atoms in total. The lowest BCUT2D eigenvalue weighted by Crippen LogP contribution is -2.56. The molecule has 0 aromatic carbocycles. The molecule has 0 spiro atoms. The van der Waals surface area contributed by atoms with E-state index < -0.39 is 0 Å². The Balaban J connectivity index is 2.26. The molecule has 1 fully saturated rings. The smallest absolute Gasteiger partial charge is 0.0496 e. The van der Waals surface area contributed by atoms with Crippen molar-refractivity contribution in [3.8, 4) is 0 Å². The molecule has 0 radical (unpaired) electrons. The van der Waals surface area contributed by atoms with E-state index in [0.717, 1.165) is 25.7 Å². The van der Waals surface area contributed by atoms with Crippen LogP contribution in [-0.4, -0.2) is 23.4 Å². The van der Waals surface area contributed by atoms with Crippen molar-refractivity contribution in [1.29, 1.82) is 0 Å². The Bertz CT molecular complexity index is 182. The van der Waals surface area contributed by atoms with Gasteiger partial charge in [0.2, 0.25) is 0 Å². The Morgan fingerprint density at radius 3 is 1.58 bits per heavy atom. The van der Waals surface area contributed by atoms with Gasteiger partial charge < -0.3 is 10.2 Å². The zero-order chi connectivity index (χ0) is 8.66. The van der Waals surface area contributed by atoms with Crippen LogP contribution in [0.1, 0.15) is 25.7 Å². The van der Waals surface area contributed by atoms with Crippen LogP contribution in [0.3, 0.4) is 0 Å². The number of fused-ring (bicyclic) bond motifs is 1. The van der Waals surface area contributed by atoms with Crippen LogP contribution in [0.4, 0.5) is 0 Å². The largest absolute Gasteiger partial charge is 0.396 e. The van der Waals surface area contributed by atoms with Gasteiger partial charge in [-0.25, -0.2) is 0 Å². The highest BCUT2D eigenvalue weighted by molar-refractivity contribution is 5.15. The second-order valence-electron chi connectivity index (χ2n) is 4.26. The van der Waals surface area contributed by atoms with Crippen molar-refractivity contribution in [3.63, 3.8) is 0 Å². The number of rotatable bonds is 2. The predicted molar refractivity (Wildman–Crippen MR) is 46.6 cm³/mol. The first kappa shape index (κ1) is 8.27. The predicted octanol–water partition coefficient (Wildman–Crippen LogP) is 1.09. The maximum atomic E-state index is 9.32. The van der Waals surface area contributed by atoms with E-state index in [1.165, 1.54) is 0 Å². The first-order chi connectivity index (χ1) is 5.79. The maximum Gasteiger partial charge on any atom is 0.0496 e. The quantitative estimate of drug-likeness (QED) is 0.606. The summed E-state index contributed by atoms with van der Waals surface area (Å²) in [5, 5.41) is 18.6. The molecule has 2 aliphatic rings. The van der Waals surface area contributed by atoms with E-state index in [1.807, 2.05) is 0 Å². The fourth-order valence-electron chi connectivity index (χ4n) is 2.71. The lowest BCUT2D eigenvalue weighted by Gasteiger charge is -2.59. The standard InChI is InChI=1S/C10H16O2/c11-7-9-3-1-2-4-10(9,8-12)6-5-9/h1-2,11-12H,3-8H2/t9-,10-/m1/s1. The summed E-state index contributed by atoms with van der Waals surface area (Å²) < 4.78 is 0. The molecular formula is C10H16O2. The average Bonchev–Trinajstić information content (AvgIpc) is 2.09. The van der Waals surface area contributed by atoms with E-state index in [9.17, 15) is 10.2 Å². The van der Waals surface area contributed by atoms with Gasteiger partial charge in [-0.2, -0.15) is 0 Å². The summed E-state index contributed by atoms with van der Waals surface area (Å²) in [4.78, 5) is 0. The molecule has 0 aliphatic heterocycles. The third-order valence-electron chi connectivity index (χ3n) is 4.00. The van der Waals surface area contributed by atoms with E-state index in [2.05, 4.69) is 12.2 Å². The van der Waals surface area contributed by atoms with Crippen molar-refractivity contribution in [2.75, 3.05) is 13.2 Å². The summed E-state index contributed by atoms with van der Waals surface area (Å²) >= 11 is 0. The number of hydrogen-bond acceptors (Lipinski definition) is 2. The molecule has 68 valence electrons. The third kappa shape index (κ3) is 0.771. The molecule has 1 saturated carbocycles. The Morgan fingerprint density at radius 2 is 1.33 bits per heavy atom. The second-order valence-corrected chi connectivity index (χ2v) is 4.26. The fraction of sp³-hybridized carbons (Fsp3) is 0.800. The highest BCUT2D eigenvalue weighted by atomic mass is 16.3. The maximum absolute atomic E-state index is 9.32. The van der Waals surface area contributed by atoms with Crippen LogP contribution in [0.5, 0.6) is 0 Å². The molecule has 2 aliphatic carbocycles. The Labute approximate surface area is 72.9 Å². The van der Waals surface area contributed by atoms with Crippen molar-refractivity contribution < 1.29 is 10.2 Å². The monoisotopic (exact) mass is 168 g/mol. The Kier molecular flexibility index (Phi) is 1.77. The highest BCUT2D eigenvalue weighted by Crippen LogP contribution is 2.62. The van der Waals surface area contributed by atoms with Gasteiger partial charge in [0.25, 0.3) is 0 Å². The minimum absolute atomic E-state index is 0.0243. The van der Waals surface area contributed by atoms with Crippen LogP contribution in [0.2, 0.25) is 0 Å². The summed E-state index contributed by atoms with van der Waals surface area (Å²) in [5.41, 5.74) is 0.0486. The van der Waals surface area contributed by atoms with E-state index >= 15 is 0 Å². The highest BCUT2D eigenvalue weighted by Gasteiger charge is 2.57. The summed E-state index contributed by atoms with van der Waals surface area (Å²) in [6, 6.07) is 0. The van der Waals surface area contributed by atoms with Gasteiger partial charge in [0.1, 0.15) is 0 Å². The van der Waals surface area contributed by atoms with Crippen molar-refractivity contribution in [2.24, 2.45) is 10.8 Å². The van der Waals surface area contributed by atoms with Gasteiger partial charge in [0.05, 0.1) is 0 Å². The van der Waals surface area contributed by atoms with Crippen molar-refractivity contribution in [1.82, 2.24) is 0 Å². The first-order valence-electron chi connectivity index (χ1n) is 4.65. The molecule has 0 bridgehead atoms. The Hall–Kier alpha value is -0.340. The molecule has 0 unspecified atom stereocenters. The van der Waals surface area contributed by atoms with Crippen LogP contribution in [0.25, 0.3) is 0 Å². The molecule has 2 N–H and O–H groups in total. The zero-order valence-electron chi connectivity index (χ0n) is 7.29.